The lowest BCUT2D eigenvalue weighted by molar-refractivity contribution is 0.0595. The summed E-state index contributed by atoms with van der Waals surface area (Å²) in [4.78, 5) is 34.6. The Morgan fingerprint density at radius 3 is 1.51 bits per heavy atom. The molecular formula is C39H50Br2N4O6S2Si2. The Balaban J connectivity index is 0.000000240. The highest BCUT2D eigenvalue weighted by Gasteiger charge is 2.41. The number of hydrogen-bond acceptors (Lipinski definition) is 10. The van der Waals surface area contributed by atoms with Gasteiger partial charge in [-0.05, 0) is 72.7 Å². The van der Waals surface area contributed by atoms with Crippen LogP contribution < -0.4 is 8.85 Å². The highest BCUT2D eigenvalue weighted by atomic mass is 79.9. The average Bonchev–Trinajstić information content (AvgIpc) is 3.87. The van der Waals surface area contributed by atoms with Crippen molar-refractivity contribution in [2.75, 3.05) is 14.2 Å². The minimum absolute atomic E-state index is 0. The van der Waals surface area contributed by atoms with Crippen LogP contribution in [-0.2, 0) is 9.47 Å². The summed E-state index contributed by atoms with van der Waals surface area (Å²) in [5.74, 6) is 0.412. The fourth-order valence-electron chi connectivity index (χ4n) is 4.76. The summed E-state index contributed by atoms with van der Waals surface area (Å²) < 4.78 is 28.7. The van der Waals surface area contributed by atoms with E-state index in [1.54, 1.807) is 12.7 Å². The standard InChI is InChI=1S/2C19H23BrN2O3SSi.CH4/c1-19(2,3)27(5,6)25-15-10-16(26-17(15)18(23)24-4)22-11-21-13-9-12(20)7-8-14(13)22;1-19(2,3)27(5,6)25-15-10-16(26-17(15)18(23)24-4)22-11-21-13-8-7-12(20)9-14(13)22;/h2*7-11H,1-6H3;1H4. The predicted molar refractivity (Wildman–Crippen MR) is 238 cm³/mol. The summed E-state index contributed by atoms with van der Waals surface area (Å²) in [6, 6.07) is 15.7. The maximum atomic E-state index is 12.4. The van der Waals surface area contributed by atoms with Gasteiger partial charge in [0.15, 0.2) is 9.75 Å². The number of nitrogens with zero attached hydrogens (tertiary/aromatic N) is 4. The molecule has 0 amide bonds. The van der Waals surface area contributed by atoms with Gasteiger partial charge in [-0.15, -0.1) is 22.7 Å². The molecule has 0 N–H and O–H groups in total. The lowest BCUT2D eigenvalue weighted by Gasteiger charge is -2.36. The van der Waals surface area contributed by atoms with E-state index in [1.807, 2.05) is 57.7 Å². The second-order valence-electron chi connectivity index (χ2n) is 15.8. The molecule has 55 heavy (non-hydrogen) atoms. The van der Waals surface area contributed by atoms with Gasteiger partial charge in [0, 0.05) is 21.1 Å². The molecule has 6 rings (SSSR count). The fourth-order valence-corrected chi connectivity index (χ4v) is 9.61. The second kappa shape index (κ2) is 16.7. The van der Waals surface area contributed by atoms with E-state index in [0.717, 1.165) is 41.0 Å². The van der Waals surface area contributed by atoms with Crippen molar-refractivity contribution in [3.05, 3.63) is 79.9 Å². The van der Waals surface area contributed by atoms with Crippen molar-refractivity contribution in [1.29, 1.82) is 0 Å². The van der Waals surface area contributed by atoms with Crippen LogP contribution in [0.25, 0.3) is 32.1 Å². The Morgan fingerprint density at radius 1 is 0.636 bits per heavy atom. The molecule has 4 aromatic heterocycles. The van der Waals surface area contributed by atoms with E-state index >= 15 is 0 Å². The Bertz CT molecular complexity index is 2330. The van der Waals surface area contributed by atoms with Crippen molar-refractivity contribution in [3.8, 4) is 21.5 Å². The lowest BCUT2D eigenvalue weighted by atomic mass is 10.2. The van der Waals surface area contributed by atoms with Crippen LogP contribution in [0.3, 0.4) is 0 Å². The molecule has 0 radical (unpaired) electrons. The maximum absolute atomic E-state index is 12.4. The summed E-state index contributed by atoms with van der Waals surface area (Å²) in [7, 11) is -1.42. The lowest BCUT2D eigenvalue weighted by Crippen LogP contribution is -2.44. The summed E-state index contributed by atoms with van der Waals surface area (Å²) in [5.41, 5.74) is 3.69. The topological polar surface area (TPSA) is 107 Å². The van der Waals surface area contributed by atoms with Crippen LogP contribution in [0.2, 0.25) is 36.3 Å². The normalized spacial score (nSPS) is 12.2. The van der Waals surface area contributed by atoms with Gasteiger partial charge in [-0.1, -0.05) is 80.8 Å². The van der Waals surface area contributed by atoms with Crippen molar-refractivity contribution in [3.63, 3.8) is 0 Å². The van der Waals surface area contributed by atoms with E-state index in [1.165, 1.54) is 36.9 Å². The first-order chi connectivity index (χ1) is 25.1. The molecule has 6 aromatic rings. The third-order valence-corrected chi connectivity index (χ3v) is 21.8. The Hall–Kier alpha value is -3.29. The van der Waals surface area contributed by atoms with Crippen LogP contribution in [0.1, 0.15) is 68.3 Å². The van der Waals surface area contributed by atoms with Crippen molar-refractivity contribution < 1.29 is 27.9 Å². The number of imidazole rings is 2. The van der Waals surface area contributed by atoms with Crippen molar-refractivity contribution >= 4 is 105 Å². The zero-order valence-electron chi connectivity index (χ0n) is 32.6. The number of thiophene rings is 2. The first-order valence-corrected chi connectivity index (χ1v) is 26.2. The molecule has 0 aliphatic heterocycles. The number of carbonyl (C=O) groups is 2. The van der Waals surface area contributed by atoms with E-state index in [0.29, 0.717) is 21.3 Å². The van der Waals surface area contributed by atoms with E-state index in [-0.39, 0.29) is 29.4 Å². The monoisotopic (exact) mass is 948 g/mol. The minimum Gasteiger partial charge on any atom is -0.542 e. The third kappa shape index (κ3) is 9.47. The SMILES string of the molecule is C.COC(=O)c1sc(-n2cnc3cc(Br)ccc32)cc1O[Si](C)(C)C(C)(C)C.COC(=O)c1sc(-n2cnc3ccc(Br)cc32)cc1O[Si](C)(C)C(C)(C)C. The summed E-state index contributed by atoms with van der Waals surface area (Å²) >= 11 is 9.69. The first kappa shape index (κ1) is 44.4. The third-order valence-electron chi connectivity index (χ3n) is 9.95. The van der Waals surface area contributed by atoms with E-state index in [9.17, 15) is 9.59 Å². The number of carbonyl (C=O) groups excluding carboxylic acids is 2. The molecule has 0 bridgehead atoms. The molecule has 0 unspecified atom stereocenters. The van der Waals surface area contributed by atoms with E-state index in [2.05, 4.69) is 110 Å². The molecule has 296 valence electrons. The summed E-state index contributed by atoms with van der Waals surface area (Å²) in [5, 5.41) is 1.78. The van der Waals surface area contributed by atoms with Gasteiger partial charge in [0.05, 0.1) is 36.3 Å². The predicted octanol–water partition coefficient (Wildman–Crippen LogP) is 12.7. The van der Waals surface area contributed by atoms with Crippen LogP contribution in [0.4, 0.5) is 0 Å². The van der Waals surface area contributed by atoms with Gasteiger partial charge < -0.3 is 18.3 Å². The smallest absolute Gasteiger partial charge is 0.351 e. The Labute approximate surface area is 350 Å². The van der Waals surface area contributed by atoms with Gasteiger partial charge in [0.25, 0.3) is 16.6 Å². The van der Waals surface area contributed by atoms with Gasteiger partial charge in [-0.2, -0.15) is 0 Å². The Kier molecular flexibility index (Phi) is 13.5. The van der Waals surface area contributed by atoms with Crippen molar-refractivity contribution in [1.82, 2.24) is 19.1 Å². The average molecular weight is 951 g/mol. The van der Waals surface area contributed by atoms with Crippen LogP contribution >= 0.6 is 54.5 Å². The van der Waals surface area contributed by atoms with E-state index in [4.69, 9.17) is 18.3 Å². The molecular weight excluding hydrogens is 901 g/mol. The van der Waals surface area contributed by atoms with Gasteiger partial charge in [-0.3, -0.25) is 9.13 Å². The number of benzene rings is 2. The fraction of sp³-hybridized carbons (Fsp3) is 0.385. The van der Waals surface area contributed by atoms with Crippen LogP contribution in [0, 0.1) is 0 Å². The maximum Gasteiger partial charge on any atom is 0.351 e. The largest absolute Gasteiger partial charge is 0.542 e. The number of fused-ring (bicyclic) bond motifs is 2. The Morgan fingerprint density at radius 2 is 1.05 bits per heavy atom. The van der Waals surface area contributed by atoms with Gasteiger partial charge in [0.2, 0.25) is 0 Å². The molecule has 4 heterocycles. The zero-order valence-corrected chi connectivity index (χ0v) is 39.4. The molecule has 0 fully saturated rings. The molecule has 0 aliphatic rings. The first-order valence-electron chi connectivity index (χ1n) is 17.1. The number of esters is 2. The second-order valence-corrected chi connectivity index (χ2v) is 29.1. The minimum atomic E-state index is -2.10. The quantitative estimate of drug-likeness (QED) is 0.110. The molecule has 0 atom stereocenters. The number of rotatable bonds is 8. The molecule has 0 aliphatic carbocycles. The molecule has 2 aromatic carbocycles. The highest BCUT2D eigenvalue weighted by molar-refractivity contribution is 9.10. The van der Waals surface area contributed by atoms with Gasteiger partial charge in [0.1, 0.15) is 34.2 Å². The van der Waals surface area contributed by atoms with Crippen molar-refractivity contribution in [2.24, 2.45) is 0 Å². The number of hydrogen-bond donors (Lipinski definition) is 0. The van der Waals surface area contributed by atoms with Gasteiger partial charge >= 0.3 is 11.9 Å². The molecule has 0 saturated heterocycles. The van der Waals surface area contributed by atoms with Crippen LogP contribution in [-0.4, -0.2) is 61.9 Å². The molecule has 10 nitrogen and oxygen atoms in total. The van der Waals surface area contributed by atoms with Gasteiger partial charge in [-0.25, -0.2) is 19.6 Å². The van der Waals surface area contributed by atoms with Crippen LogP contribution in [0.15, 0.2) is 70.1 Å². The number of aromatic nitrogens is 4. The van der Waals surface area contributed by atoms with Crippen LogP contribution in [0.5, 0.6) is 11.5 Å². The number of methoxy groups -OCH3 is 2. The molecule has 16 heteroatoms. The molecule has 0 spiro atoms. The molecule has 0 saturated carbocycles. The van der Waals surface area contributed by atoms with Crippen molar-refractivity contribution in [2.45, 2.75) is 85.2 Å². The zero-order chi connectivity index (χ0) is 40.0. The summed E-state index contributed by atoms with van der Waals surface area (Å²) in [6.07, 6.45) is 3.53. The van der Waals surface area contributed by atoms with E-state index < -0.39 is 16.6 Å². The summed E-state index contributed by atoms with van der Waals surface area (Å²) in [6.45, 7) is 21.7. The number of ether oxygens (including phenoxy) is 2. The number of halogens is 2. The highest BCUT2D eigenvalue weighted by Crippen LogP contribution is 2.43.